The summed E-state index contributed by atoms with van der Waals surface area (Å²) in [6.07, 6.45) is 5.66. The highest BCUT2D eigenvalue weighted by Crippen LogP contribution is 2.36. The van der Waals surface area contributed by atoms with E-state index >= 15 is 0 Å². The first-order chi connectivity index (χ1) is 11.0. The van der Waals surface area contributed by atoms with E-state index in [1.54, 1.807) is 0 Å². The lowest BCUT2D eigenvalue weighted by Crippen LogP contribution is -2.12. The van der Waals surface area contributed by atoms with Gasteiger partial charge in [0.1, 0.15) is 0 Å². The van der Waals surface area contributed by atoms with Gasteiger partial charge in [-0.25, -0.2) is 0 Å². The summed E-state index contributed by atoms with van der Waals surface area (Å²) in [5, 5.41) is 0. The first-order valence-electron chi connectivity index (χ1n) is 7.97. The fourth-order valence-corrected chi connectivity index (χ4v) is 3.86. The van der Waals surface area contributed by atoms with Gasteiger partial charge in [-0.15, -0.1) is 0 Å². The maximum atomic E-state index is 3.64. The fourth-order valence-electron chi connectivity index (χ4n) is 3.14. The molecule has 0 saturated carbocycles. The highest BCUT2D eigenvalue weighted by molar-refractivity contribution is 9.10. The van der Waals surface area contributed by atoms with E-state index in [0.717, 1.165) is 34.8 Å². The SMILES string of the molecule is CN(C)CCC=C1c2cc(Br)ccc2CCc2ccc(Br)cc21. The van der Waals surface area contributed by atoms with Gasteiger partial charge in [-0.1, -0.05) is 50.1 Å². The Bertz CT molecular complexity index is 692. The molecular weight excluding hydrogens is 414 g/mol. The van der Waals surface area contributed by atoms with Crippen LogP contribution in [0.3, 0.4) is 0 Å². The maximum Gasteiger partial charge on any atom is 0.0181 e. The Morgan fingerprint density at radius 1 is 0.913 bits per heavy atom. The van der Waals surface area contributed by atoms with E-state index in [4.69, 9.17) is 0 Å². The summed E-state index contributed by atoms with van der Waals surface area (Å²) < 4.78 is 2.29. The monoisotopic (exact) mass is 433 g/mol. The largest absolute Gasteiger partial charge is 0.309 e. The van der Waals surface area contributed by atoms with Gasteiger partial charge < -0.3 is 4.90 Å². The number of aryl methyl sites for hydroxylation is 2. The Kier molecular flexibility index (Phi) is 5.40. The molecule has 0 fully saturated rings. The van der Waals surface area contributed by atoms with Crippen LogP contribution in [0.25, 0.3) is 5.57 Å². The summed E-state index contributed by atoms with van der Waals surface area (Å²) in [6.45, 7) is 1.07. The molecule has 0 aromatic heterocycles. The third-order valence-electron chi connectivity index (χ3n) is 4.31. The van der Waals surface area contributed by atoms with Crippen molar-refractivity contribution < 1.29 is 0 Å². The molecule has 0 bridgehead atoms. The highest BCUT2D eigenvalue weighted by Gasteiger charge is 2.18. The minimum atomic E-state index is 1.06. The lowest BCUT2D eigenvalue weighted by molar-refractivity contribution is 0.417. The van der Waals surface area contributed by atoms with Gasteiger partial charge in [-0.3, -0.25) is 0 Å². The van der Waals surface area contributed by atoms with E-state index in [9.17, 15) is 0 Å². The third kappa shape index (κ3) is 3.96. The zero-order chi connectivity index (χ0) is 16.4. The molecule has 0 saturated heterocycles. The average Bonchev–Trinajstić information content (AvgIpc) is 2.64. The predicted octanol–water partition coefficient (Wildman–Crippen LogP) is 5.69. The molecule has 1 aliphatic rings. The van der Waals surface area contributed by atoms with Crippen molar-refractivity contribution in [1.82, 2.24) is 4.90 Å². The molecule has 0 radical (unpaired) electrons. The van der Waals surface area contributed by atoms with E-state index in [2.05, 4.69) is 93.3 Å². The fraction of sp³-hybridized carbons (Fsp3) is 0.300. The molecule has 0 unspecified atom stereocenters. The molecule has 1 nitrogen and oxygen atoms in total. The van der Waals surface area contributed by atoms with E-state index in [1.165, 1.54) is 27.8 Å². The molecule has 0 atom stereocenters. The van der Waals surface area contributed by atoms with E-state index in [1.807, 2.05) is 0 Å². The van der Waals surface area contributed by atoms with Crippen LogP contribution >= 0.6 is 31.9 Å². The van der Waals surface area contributed by atoms with Crippen LogP contribution in [0.1, 0.15) is 28.7 Å². The van der Waals surface area contributed by atoms with Crippen LogP contribution in [0.4, 0.5) is 0 Å². The van der Waals surface area contributed by atoms with Crippen LogP contribution in [0.15, 0.2) is 51.4 Å². The van der Waals surface area contributed by atoms with Crippen molar-refractivity contribution in [3.8, 4) is 0 Å². The summed E-state index contributed by atoms with van der Waals surface area (Å²) in [5.74, 6) is 0. The molecule has 3 rings (SSSR count). The first-order valence-corrected chi connectivity index (χ1v) is 9.55. The van der Waals surface area contributed by atoms with Crippen LogP contribution < -0.4 is 0 Å². The summed E-state index contributed by atoms with van der Waals surface area (Å²) in [5.41, 5.74) is 7.00. The van der Waals surface area contributed by atoms with Crippen LogP contribution in [-0.4, -0.2) is 25.5 Å². The van der Waals surface area contributed by atoms with Gasteiger partial charge in [0.2, 0.25) is 0 Å². The quantitative estimate of drug-likeness (QED) is 0.599. The lowest BCUT2D eigenvalue weighted by atomic mass is 9.93. The average molecular weight is 435 g/mol. The normalized spacial score (nSPS) is 13.5. The second kappa shape index (κ2) is 7.33. The van der Waals surface area contributed by atoms with Gasteiger partial charge in [0.15, 0.2) is 0 Å². The molecule has 1 aliphatic carbocycles. The van der Waals surface area contributed by atoms with Gasteiger partial charge in [-0.05, 0) is 85.5 Å². The number of hydrogen-bond acceptors (Lipinski definition) is 1. The number of halogens is 2. The number of benzene rings is 2. The Morgan fingerprint density at radius 3 is 1.91 bits per heavy atom. The van der Waals surface area contributed by atoms with Crippen molar-refractivity contribution in [1.29, 1.82) is 0 Å². The van der Waals surface area contributed by atoms with Gasteiger partial charge in [-0.2, -0.15) is 0 Å². The maximum absolute atomic E-state index is 3.64. The molecular formula is C20H21Br2N. The number of nitrogens with zero attached hydrogens (tertiary/aromatic N) is 1. The topological polar surface area (TPSA) is 3.24 Å². The van der Waals surface area contributed by atoms with Crippen molar-refractivity contribution in [2.45, 2.75) is 19.3 Å². The lowest BCUT2D eigenvalue weighted by Gasteiger charge is -2.14. The minimum Gasteiger partial charge on any atom is -0.309 e. The minimum absolute atomic E-state index is 1.06. The van der Waals surface area contributed by atoms with Crippen molar-refractivity contribution in [2.75, 3.05) is 20.6 Å². The van der Waals surface area contributed by atoms with E-state index in [-0.39, 0.29) is 0 Å². The highest BCUT2D eigenvalue weighted by atomic mass is 79.9. The van der Waals surface area contributed by atoms with Gasteiger partial charge >= 0.3 is 0 Å². The standard InChI is InChI=1S/C20H21Br2N/c1-23(2)11-3-4-18-19-12-16(21)9-7-14(19)5-6-15-8-10-17(22)13-20(15)18/h4,7-10,12-13H,3,5-6,11H2,1-2H3. The van der Waals surface area contributed by atoms with Crippen LogP contribution in [-0.2, 0) is 12.8 Å². The zero-order valence-corrected chi connectivity index (χ0v) is 16.7. The summed E-state index contributed by atoms with van der Waals surface area (Å²) >= 11 is 7.29. The van der Waals surface area contributed by atoms with Crippen molar-refractivity contribution in [3.63, 3.8) is 0 Å². The third-order valence-corrected chi connectivity index (χ3v) is 5.30. The van der Waals surface area contributed by atoms with Crippen LogP contribution in [0.2, 0.25) is 0 Å². The van der Waals surface area contributed by atoms with Crippen LogP contribution in [0, 0.1) is 0 Å². The molecule has 0 heterocycles. The van der Waals surface area contributed by atoms with Crippen molar-refractivity contribution in [2.24, 2.45) is 0 Å². The zero-order valence-electron chi connectivity index (χ0n) is 13.6. The Morgan fingerprint density at radius 2 is 1.43 bits per heavy atom. The molecule has 23 heavy (non-hydrogen) atoms. The summed E-state index contributed by atoms with van der Waals surface area (Å²) in [4.78, 5) is 2.23. The number of fused-ring (bicyclic) bond motifs is 2. The molecule has 3 heteroatoms. The Hall–Kier alpha value is -0.900. The van der Waals surface area contributed by atoms with Crippen molar-refractivity contribution >= 4 is 37.4 Å². The molecule has 120 valence electrons. The smallest absolute Gasteiger partial charge is 0.0181 e. The summed E-state index contributed by atoms with van der Waals surface area (Å²) in [6, 6.07) is 13.4. The predicted molar refractivity (Wildman–Crippen MR) is 106 cm³/mol. The van der Waals surface area contributed by atoms with Gasteiger partial charge in [0, 0.05) is 15.5 Å². The van der Waals surface area contributed by atoms with Gasteiger partial charge in [0.25, 0.3) is 0 Å². The molecule has 2 aromatic carbocycles. The number of rotatable bonds is 3. The second-order valence-electron chi connectivity index (χ2n) is 6.31. The van der Waals surface area contributed by atoms with E-state index in [0.29, 0.717) is 0 Å². The molecule has 2 aromatic rings. The number of hydrogen-bond donors (Lipinski definition) is 0. The first kappa shape index (κ1) is 16.9. The molecule has 0 N–H and O–H groups in total. The van der Waals surface area contributed by atoms with E-state index < -0.39 is 0 Å². The molecule has 0 aliphatic heterocycles. The summed E-state index contributed by atoms with van der Waals surface area (Å²) in [7, 11) is 4.25. The van der Waals surface area contributed by atoms with Gasteiger partial charge in [0.05, 0.1) is 0 Å². The Labute approximate surface area is 155 Å². The second-order valence-corrected chi connectivity index (χ2v) is 8.14. The molecule has 0 spiro atoms. The van der Waals surface area contributed by atoms with Crippen molar-refractivity contribution in [3.05, 3.63) is 73.7 Å². The Balaban J connectivity index is 2.13. The molecule has 0 amide bonds. The van der Waals surface area contributed by atoms with Crippen LogP contribution in [0.5, 0.6) is 0 Å².